The Kier molecular flexibility index (Phi) is 3.75. The zero-order valence-electron chi connectivity index (χ0n) is 10.6. The predicted octanol–water partition coefficient (Wildman–Crippen LogP) is 0.814. The van der Waals surface area contributed by atoms with Gasteiger partial charge >= 0.3 is 12.0 Å². The molecule has 0 spiro atoms. The molecule has 0 radical (unpaired) electrons. The maximum Gasteiger partial charge on any atom is 0.323 e. The summed E-state index contributed by atoms with van der Waals surface area (Å²) in [5.74, 6) is -0.970. The molecule has 0 aromatic rings. The van der Waals surface area contributed by atoms with Crippen LogP contribution >= 0.6 is 0 Å². The van der Waals surface area contributed by atoms with Gasteiger partial charge in [-0.15, -0.1) is 0 Å². The van der Waals surface area contributed by atoms with E-state index in [1.165, 1.54) is 4.90 Å². The second-order valence-electron chi connectivity index (χ2n) is 5.40. The van der Waals surface area contributed by atoms with Gasteiger partial charge in [0.1, 0.15) is 6.54 Å². The molecule has 2 amide bonds. The molecule has 2 rings (SSSR count). The van der Waals surface area contributed by atoms with Crippen molar-refractivity contribution in [3.63, 3.8) is 0 Å². The van der Waals surface area contributed by atoms with Crippen LogP contribution in [0.1, 0.15) is 32.6 Å². The van der Waals surface area contributed by atoms with Gasteiger partial charge in [-0.05, 0) is 32.6 Å². The maximum absolute atomic E-state index is 12.1. The molecule has 1 atom stereocenters. The number of ether oxygens (including phenoxy) is 1. The first-order chi connectivity index (χ1) is 8.50. The van der Waals surface area contributed by atoms with Crippen LogP contribution in [0.25, 0.3) is 0 Å². The van der Waals surface area contributed by atoms with E-state index in [2.05, 4.69) is 5.32 Å². The minimum atomic E-state index is -0.970. The van der Waals surface area contributed by atoms with E-state index in [4.69, 9.17) is 9.84 Å². The van der Waals surface area contributed by atoms with E-state index in [9.17, 15) is 9.59 Å². The number of carboxylic acid groups (broad SMARTS) is 1. The second kappa shape index (κ2) is 5.14. The minimum Gasteiger partial charge on any atom is -0.480 e. The minimum absolute atomic E-state index is 0.0919. The van der Waals surface area contributed by atoms with Crippen molar-refractivity contribution in [2.75, 3.05) is 19.8 Å². The summed E-state index contributed by atoms with van der Waals surface area (Å²) in [6, 6.07) is -0.192. The number of carboxylic acids is 1. The third kappa shape index (κ3) is 3.35. The molecule has 1 aliphatic carbocycles. The lowest BCUT2D eigenvalue weighted by molar-refractivity contribution is -0.137. The predicted molar refractivity (Wildman–Crippen MR) is 64.4 cm³/mol. The number of urea groups is 1. The molecule has 18 heavy (non-hydrogen) atoms. The summed E-state index contributed by atoms with van der Waals surface area (Å²) in [7, 11) is 0. The van der Waals surface area contributed by atoms with E-state index in [0.29, 0.717) is 6.61 Å². The maximum atomic E-state index is 12.1. The molecule has 0 bridgehead atoms. The molecular formula is C12H20N2O4. The van der Waals surface area contributed by atoms with Crippen molar-refractivity contribution in [3.05, 3.63) is 0 Å². The van der Waals surface area contributed by atoms with Gasteiger partial charge in [0.05, 0.1) is 12.1 Å². The average Bonchev–Trinajstić information content (AvgIpc) is 3.09. The Balaban J connectivity index is 1.93. The van der Waals surface area contributed by atoms with Crippen molar-refractivity contribution in [3.8, 4) is 0 Å². The first-order valence-corrected chi connectivity index (χ1v) is 6.38. The van der Waals surface area contributed by atoms with Gasteiger partial charge in [0.2, 0.25) is 0 Å². The zero-order chi connectivity index (χ0) is 13.2. The summed E-state index contributed by atoms with van der Waals surface area (Å²) in [6.07, 6.45) is 3.57. The van der Waals surface area contributed by atoms with Crippen molar-refractivity contribution in [2.45, 2.75) is 44.2 Å². The summed E-state index contributed by atoms with van der Waals surface area (Å²) in [5, 5.41) is 11.8. The Labute approximate surface area is 106 Å². The normalized spacial score (nSPS) is 27.6. The van der Waals surface area contributed by atoms with Crippen LogP contribution < -0.4 is 5.32 Å². The fourth-order valence-corrected chi connectivity index (χ4v) is 2.26. The fraction of sp³-hybridized carbons (Fsp3) is 0.833. The lowest BCUT2D eigenvalue weighted by Crippen LogP contribution is -2.56. The molecule has 0 aromatic carbocycles. The smallest absolute Gasteiger partial charge is 0.323 e. The van der Waals surface area contributed by atoms with Gasteiger partial charge in [-0.25, -0.2) is 4.79 Å². The number of carbonyl (C=O) groups excluding carboxylic acids is 1. The summed E-state index contributed by atoms with van der Waals surface area (Å²) in [4.78, 5) is 24.3. The van der Waals surface area contributed by atoms with Crippen LogP contribution in [0.2, 0.25) is 0 Å². The molecule has 2 fully saturated rings. The van der Waals surface area contributed by atoms with Gasteiger partial charge in [0, 0.05) is 12.6 Å². The lowest BCUT2D eigenvalue weighted by atomic mass is 9.95. The average molecular weight is 256 g/mol. The summed E-state index contributed by atoms with van der Waals surface area (Å²) in [6.45, 7) is 2.93. The first-order valence-electron chi connectivity index (χ1n) is 6.38. The van der Waals surface area contributed by atoms with Crippen molar-refractivity contribution in [1.82, 2.24) is 10.2 Å². The molecule has 1 saturated carbocycles. The van der Waals surface area contributed by atoms with E-state index >= 15 is 0 Å². The van der Waals surface area contributed by atoms with Crippen molar-refractivity contribution in [1.29, 1.82) is 0 Å². The Morgan fingerprint density at radius 3 is 2.72 bits per heavy atom. The third-order valence-electron chi connectivity index (χ3n) is 3.40. The Morgan fingerprint density at radius 2 is 2.22 bits per heavy atom. The van der Waals surface area contributed by atoms with Crippen LogP contribution in [0.4, 0.5) is 4.79 Å². The zero-order valence-corrected chi connectivity index (χ0v) is 10.6. The Morgan fingerprint density at radius 1 is 1.50 bits per heavy atom. The Bertz CT molecular complexity index is 335. The van der Waals surface area contributed by atoms with E-state index in [1.807, 2.05) is 6.92 Å². The van der Waals surface area contributed by atoms with Crippen LogP contribution in [0.3, 0.4) is 0 Å². The monoisotopic (exact) mass is 256 g/mol. The van der Waals surface area contributed by atoms with Crippen LogP contribution in [0.15, 0.2) is 0 Å². The quantitative estimate of drug-likeness (QED) is 0.780. The Hall–Kier alpha value is -1.30. The molecule has 1 heterocycles. The molecule has 0 aromatic heterocycles. The van der Waals surface area contributed by atoms with Gasteiger partial charge in [-0.1, -0.05) is 0 Å². The molecule has 2 N–H and O–H groups in total. The van der Waals surface area contributed by atoms with E-state index in [1.54, 1.807) is 0 Å². The summed E-state index contributed by atoms with van der Waals surface area (Å²) >= 11 is 0. The second-order valence-corrected chi connectivity index (χ2v) is 5.40. The number of nitrogens with one attached hydrogen (secondary N) is 1. The molecule has 1 aliphatic heterocycles. The highest BCUT2D eigenvalue weighted by Crippen LogP contribution is 2.27. The molecule has 1 unspecified atom stereocenters. The highest BCUT2D eigenvalue weighted by Gasteiger charge is 2.37. The van der Waals surface area contributed by atoms with Gasteiger partial charge < -0.3 is 20.1 Å². The SMILES string of the molecule is CC1(NC(=O)N(CC(=O)O)C2CC2)CCCOC1. The summed E-state index contributed by atoms with van der Waals surface area (Å²) < 4.78 is 5.37. The number of nitrogens with zero attached hydrogens (tertiary/aromatic N) is 1. The third-order valence-corrected chi connectivity index (χ3v) is 3.40. The van der Waals surface area contributed by atoms with Crippen molar-refractivity contribution >= 4 is 12.0 Å². The van der Waals surface area contributed by atoms with Gasteiger partial charge in [0.15, 0.2) is 0 Å². The number of aliphatic carboxylic acids is 1. The standard InChI is InChI=1S/C12H20N2O4/c1-12(5-2-6-18-8-12)13-11(17)14(7-10(15)16)9-3-4-9/h9H,2-8H2,1H3,(H,13,17)(H,15,16). The van der Waals surface area contributed by atoms with Crippen molar-refractivity contribution < 1.29 is 19.4 Å². The van der Waals surface area contributed by atoms with Gasteiger partial charge in [0.25, 0.3) is 0 Å². The number of rotatable bonds is 4. The largest absolute Gasteiger partial charge is 0.480 e. The number of hydrogen-bond donors (Lipinski definition) is 2. The van der Waals surface area contributed by atoms with Gasteiger partial charge in [-0.2, -0.15) is 0 Å². The highest BCUT2D eigenvalue weighted by molar-refractivity contribution is 5.81. The molecule has 1 saturated heterocycles. The molecule has 102 valence electrons. The van der Waals surface area contributed by atoms with E-state index in [-0.39, 0.29) is 24.2 Å². The van der Waals surface area contributed by atoms with E-state index in [0.717, 1.165) is 32.3 Å². The van der Waals surface area contributed by atoms with Crippen LogP contribution in [-0.2, 0) is 9.53 Å². The van der Waals surface area contributed by atoms with Crippen LogP contribution in [0.5, 0.6) is 0 Å². The van der Waals surface area contributed by atoms with Gasteiger partial charge in [-0.3, -0.25) is 4.79 Å². The lowest BCUT2D eigenvalue weighted by Gasteiger charge is -2.36. The van der Waals surface area contributed by atoms with Crippen LogP contribution in [-0.4, -0.2) is 53.3 Å². The molecule has 6 nitrogen and oxygen atoms in total. The molecule has 2 aliphatic rings. The van der Waals surface area contributed by atoms with Crippen LogP contribution in [0, 0.1) is 0 Å². The van der Waals surface area contributed by atoms with E-state index < -0.39 is 5.97 Å². The molecule has 6 heteroatoms. The first kappa shape index (κ1) is 13.1. The number of hydrogen-bond acceptors (Lipinski definition) is 3. The summed E-state index contributed by atoms with van der Waals surface area (Å²) in [5.41, 5.74) is -0.374. The number of amides is 2. The molecular weight excluding hydrogens is 236 g/mol. The highest BCUT2D eigenvalue weighted by atomic mass is 16.5. The number of carbonyl (C=O) groups is 2. The van der Waals surface area contributed by atoms with Crippen molar-refractivity contribution in [2.24, 2.45) is 0 Å². The fourth-order valence-electron chi connectivity index (χ4n) is 2.26. The topological polar surface area (TPSA) is 78.9 Å².